The third-order valence-corrected chi connectivity index (χ3v) is 7.20. The number of aromatic nitrogens is 2. The summed E-state index contributed by atoms with van der Waals surface area (Å²) >= 11 is 0. The molecular weight excluding hydrogens is 453 g/mol. The number of aryl methyl sites for hydroxylation is 2. The Morgan fingerprint density at radius 3 is 2.37 bits per heavy atom. The Balaban J connectivity index is 1.37. The van der Waals surface area contributed by atoms with Gasteiger partial charge >= 0.3 is 6.18 Å². The zero-order valence-electron chi connectivity index (χ0n) is 19.2. The molecule has 0 atom stereocenters. The van der Waals surface area contributed by atoms with Gasteiger partial charge in [0.05, 0.1) is 16.7 Å². The molecule has 3 N–H and O–H groups in total. The minimum atomic E-state index is -4.54. The zero-order valence-corrected chi connectivity index (χ0v) is 19.2. The van der Waals surface area contributed by atoms with Gasteiger partial charge in [-0.25, -0.2) is 9.97 Å². The van der Waals surface area contributed by atoms with Gasteiger partial charge in [-0.2, -0.15) is 13.2 Å². The number of halogens is 3. The van der Waals surface area contributed by atoms with Crippen molar-refractivity contribution in [3.8, 4) is 0 Å². The number of amides is 1. The highest BCUT2D eigenvalue weighted by atomic mass is 19.4. The molecule has 0 unspecified atom stereocenters. The van der Waals surface area contributed by atoms with Gasteiger partial charge in [0, 0.05) is 31.6 Å². The standard InChI is InChI=1S/C27H27F3N4O/c28-27(29,30)22-16-33-24(13-17-5-7-18(8-6-17)20-14-32-15-20)34-23(22)10-9-19-3-1-2-4-21(19)26(11-12-26)25(31)35/h1-8,16,20,32H,9-15H2,(H2,31,35). The lowest BCUT2D eigenvalue weighted by Crippen LogP contribution is -2.39. The van der Waals surface area contributed by atoms with E-state index in [9.17, 15) is 18.0 Å². The van der Waals surface area contributed by atoms with E-state index in [-0.39, 0.29) is 18.0 Å². The number of nitrogens with zero attached hydrogens (tertiary/aromatic N) is 2. The quantitative estimate of drug-likeness (QED) is 0.509. The summed E-state index contributed by atoms with van der Waals surface area (Å²) in [7, 11) is 0. The molecule has 8 heteroatoms. The van der Waals surface area contributed by atoms with Crippen molar-refractivity contribution in [1.29, 1.82) is 0 Å². The van der Waals surface area contributed by atoms with Gasteiger partial charge in [0.2, 0.25) is 5.91 Å². The van der Waals surface area contributed by atoms with E-state index < -0.39 is 17.2 Å². The molecule has 1 saturated carbocycles. The van der Waals surface area contributed by atoms with Crippen LogP contribution in [-0.2, 0) is 35.6 Å². The molecule has 182 valence electrons. The lowest BCUT2D eigenvalue weighted by atomic mass is 9.88. The first-order valence-electron chi connectivity index (χ1n) is 11.9. The van der Waals surface area contributed by atoms with Crippen LogP contribution in [0, 0.1) is 0 Å². The topological polar surface area (TPSA) is 80.9 Å². The maximum absolute atomic E-state index is 13.7. The number of primary amides is 1. The van der Waals surface area contributed by atoms with Gasteiger partial charge in [0.25, 0.3) is 0 Å². The fourth-order valence-corrected chi connectivity index (χ4v) is 4.82. The maximum Gasteiger partial charge on any atom is 0.419 e. The van der Waals surface area contributed by atoms with Crippen LogP contribution in [0.1, 0.15) is 58.1 Å². The highest BCUT2D eigenvalue weighted by molar-refractivity contribution is 5.90. The highest BCUT2D eigenvalue weighted by Gasteiger charge is 2.50. The summed E-state index contributed by atoms with van der Waals surface area (Å²) in [5.74, 6) is 0.491. The van der Waals surface area contributed by atoms with Crippen molar-refractivity contribution in [1.82, 2.24) is 15.3 Å². The number of carbonyl (C=O) groups is 1. The highest BCUT2D eigenvalue weighted by Crippen LogP contribution is 2.49. The first kappa shape index (κ1) is 23.5. The van der Waals surface area contributed by atoms with Crippen LogP contribution in [0.3, 0.4) is 0 Å². The second-order valence-electron chi connectivity index (χ2n) is 9.52. The molecule has 1 aromatic heterocycles. The first-order valence-corrected chi connectivity index (χ1v) is 11.9. The summed E-state index contributed by atoms with van der Waals surface area (Å²) in [6.45, 7) is 1.93. The molecule has 2 fully saturated rings. The average Bonchev–Trinajstić information content (AvgIpc) is 3.60. The van der Waals surface area contributed by atoms with Gasteiger partial charge in [-0.15, -0.1) is 0 Å². The summed E-state index contributed by atoms with van der Waals surface area (Å²) < 4.78 is 41.2. The number of alkyl halides is 3. The Hall–Kier alpha value is -3.26. The third kappa shape index (κ3) is 4.80. The summed E-state index contributed by atoms with van der Waals surface area (Å²) in [4.78, 5) is 20.4. The van der Waals surface area contributed by atoms with E-state index in [1.807, 2.05) is 36.4 Å². The van der Waals surface area contributed by atoms with Crippen LogP contribution < -0.4 is 11.1 Å². The zero-order chi connectivity index (χ0) is 24.6. The normalized spacial score (nSPS) is 17.1. The number of hydrogen-bond acceptors (Lipinski definition) is 4. The van der Waals surface area contributed by atoms with Gasteiger partial charge in [0.15, 0.2) is 0 Å². The van der Waals surface area contributed by atoms with Crippen molar-refractivity contribution in [2.24, 2.45) is 5.73 Å². The Kier molecular flexibility index (Phi) is 6.09. The van der Waals surface area contributed by atoms with E-state index in [0.29, 0.717) is 37.4 Å². The van der Waals surface area contributed by atoms with E-state index >= 15 is 0 Å². The van der Waals surface area contributed by atoms with Gasteiger partial charge in [-0.05, 0) is 47.9 Å². The van der Waals surface area contributed by atoms with Crippen LogP contribution in [0.15, 0.2) is 54.7 Å². The van der Waals surface area contributed by atoms with Crippen LogP contribution in [0.25, 0.3) is 0 Å². The fraction of sp³-hybridized carbons (Fsp3) is 0.370. The molecule has 2 aliphatic rings. The fourth-order valence-electron chi connectivity index (χ4n) is 4.82. The first-order chi connectivity index (χ1) is 16.8. The largest absolute Gasteiger partial charge is 0.419 e. The molecule has 2 aromatic carbocycles. The van der Waals surface area contributed by atoms with Crippen molar-refractivity contribution in [2.75, 3.05) is 13.1 Å². The maximum atomic E-state index is 13.7. The van der Waals surface area contributed by atoms with Gasteiger partial charge < -0.3 is 11.1 Å². The molecule has 2 heterocycles. The number of hydrogen-bond donors (Lipinski definition) is 2. The van der Waals surface area contributed by atoms with Crippen LogP contribution in [0.4, 0.5) is 13.2 Å². The summed E-state index contributed by atoms with van der Waals surface area (Å²) in [6.07, 6.45) is -1.54. The van der Waals surface area contributed by atoms with Gasteiger partial charge in [-0.1, -0.05) is 48.5 Å². The second kappa shape index (κ2) is 9.07. The van der Waals surface area contributed by atoms with Crippen LogP contribution >= 0.6 is 0 Å². The predicted molar refractivity (Wildman–Crippen MR) is 126 cm³/mol. The van der Waals surface area contributed by atoms with Crippen LogP contribution in [0.5, 0.6) is 0 Å². The summed E-state index contributed by atoms with van der Waals surface area (Å²) in [6, 6.07) is 15.5. The van der Waals surface area contributed by atoms with E-state index in [4.69, 9.17) is 5.73 Å². The Morgan fingerprint density at radius 1 is 1.06 bits per heavy atom. The molecule has 1 amide bonds. The van der Waals surface area contributed by atoms with E-state index in [1.165, 1.54) is 5.56 Å². The van der Waals surface area contributed by atoms with E-state index in [0.717, 1.165) is 36.0 Å². The third-order valence-electron chi connectivity index (χ3n) is 7.20. The van der Waals surface area contributed by atoms with Crippen LogP contribution in [-0.4, -0.2) is 29.0 Å². The molecule has 0 spiro atoms. The Bertz CT molecular complexity index is 1230. The molecule has 0 bridgehead atoms. The number of rotatable bonds is 8. The van der Waals surface area contributed by atoms with E-state index in [1.54, 1.807) is 0 Å². The molecule has 1 aliphatic heterocycles. The average molecular weight is 481 g/mol. The van der Waals surface area contributed by atoms with E-state index in [2.05, 4.69) is 27.4 Å². The monoisotopic (exact) mass is 480 g/mol. The predicted octanol–water partition coefficient (Wildman–Crippen LogP) is 4.08. The van der Waals surface area contributed by atoms with Gasteiger partial charge in [0.1, 0.15) is 5.82 Å². The Labute approximate surface area is 202 Å². The Morgan fingerprint density at radius 2 is 1.77 bits per heavy atom. The molecule has 1 saturated heterocycles. The molecule has 5 rings (SSSR count). The number of carbonyl (C=O) groups excluding carboxylic acids is 1. The SMILES string of the molecule is NC(=O)C1(c2ccccc2CCc2nc(Cc3ccc(C4CNC4)cc3)ncc2C(F)(F)F)CC1. The molecule has 1 aliphatic carbocycles. The van der Waals surface area contributed by atoms with Crippen molar-refractivity contribution in [3.05, 3.63) is 94.1 Å². The second-order valence-corrected chi connectivity index (χ2v) is 9.52. The number of nitrogens with two attached hydrogens (primary N) is 1. The van der Waals surface area contributed by atoms with Crippen molar-refractivity contribution < 1.29 is 18.0 Å². The molecule has 35 heavy (non-hydrogen) atoms. The number of nitrogens with one attached hydrogen (secondary N) is 1. The minimum absolute atomic E-state index is 0.0293. The molecular formula is C27H27F3N4O. The summed E-state index contributed by atoms with van der Waals surface area (Å²) in [5, 5.41) is 3.25. The van der Waals surface area contributed by atoms with Gasteiger partial charge in [-0.3, -0.25) is 4.79 Å². The summed E-state index contributed by atoms with van der Waals surface area (Å²) in [5.41, 5.74) is 7.96. The van der Waals surface area contributed by atoms with Crippen molar-refractivity contribution in [3.63, 3.8) is 0 Å². The molecule has 5 nitrogen and oxygen atoms in total. The number of benzene rings is 2. The molecule has 0 radical (unpaired) electrons. The minimum Gasteiger partial charge on any atom is -0.369 e. The smallest absolute Gasteiger partial charge is 0.369 e. The molecule has 3 aromatic rings. The van der Waals surface area contributed by atoms with Crippen LogP contribution in [0.2, 0.25) is 0 Å². The lowest BCUT2D eigenvalue weighted by Gasteiger charge is -2.27. The van der Waals surface area contributed by atoms with Crippen molar-refractivity contribution >= 4 is 5.91 Å². The van der Waals surface area contributed by atoms with Crippen molar-refractivity contribution in [2.45, 2.75) is 49.6 Å². The lowest BCUT2D eigenvalue weighted by molar-refractivity contribution is -0.138.